The van der Waals surface area contributed by atoms with Gasteiger partial charge in [-0.15, -0.1) is 0 Å². The highest BCUT2D eigenvalue weighted by Gasteiger charge is 2.51. The van der Waals surface area contributed by atoms with E-state index in [0.717, 1.165) is 0 Å². The highest BCUT2D eigenvalue weighted by molar-refractivity contribution is 5.68. The van der Waals surface area contributed by atoms with Gasteiger partial charge >= 0.3 is 12.2 Å². The van der Waals surface area contributed by atoms with Crippen LogP contribution in [-0.2, 0) is 18.9 Å². The third kappa shape index (κ3) is 3.31. The molecule has 4 unspecified atom stereocenters. The second kappa shape index (κ2) is 6.76. The molecule has 0 aromatic carbocycles. The number of ether oxygens (including phenoxy) is 4. The summed E-state index contributed by atoms with van der Waals surface area (Å²) in [6.45, 7) is 5.06. The van der Waals surface area contributed by atoms with Crippen LogP contribution in [0, 0.1) is 0 Å². The Kier molecular flexibility index (Phi) is 5.02. The predicted molar refractivity (Wildman–Crippen MR) is 67.4 cm³/mol. The Labute approximate surface area is 117 Å². The Morgan fingerprint density at radius 3 is 1.70 bits per heavy atom. The van der Waals surface area contributed by atoms with Crippen molar-refractivity contribution < 1.29 is 28.5 Å². The van der Waals surface area contributed by atoms with Crippen molar-refractivity contribution >= 4 is 12.2 Å². The molecule has 0 spiro atoms. The largest absolute Gasteiger partial charge is 0.441 e. The van der Waals surface area contributed by atoms with E-state index in [0.29, 0.717) is 13.1 Å². The quantitative estimate of drug-likeness (QED) is 0.757. The molecule has 0 radical (unpaired) electrons. The van der Waals surface area contributed by atoms with E-state index in [4.69, 9.17) is 18.9 Å². The minimum atomic E-state index is -0.501. The maximum Gasteiger partial charge on any atom is 0.407 e. The fourth-order valence-corrected chi connectivity index (χ4v) is 2.28. The van der Waals surface area contributed by atoms with Gasteiger partial charge in [0.1, 0.15) is 12.2 Å². The molecule has 2 fully saturated rings. The monoisotopic (exact) mass is 288 g/mol. The lowest BCUT2D eigenvalue weighted by atomic mass is 10.1. The second-order valence-electron chi connectivity index (χ2n) is 4.54. The number of carbonyl (C=O) groups is 2. The van der Waals surface area contributed by atoms with Gasteiger partial charge in [-0.1, -0.05) is 0 Å². The summed E-state index contributed by atoms with van der Waals surface area (Å²) in [4.78, 5) is 22.8. The van der Waals surface area contributed by atoms with Gasteiger partial charge in [0.25, 0.3) is 0 Å². The zero-order chi connectivity index (χ0) is 14.5. The lowest BCUT2D eigenvalue weighted by Crippen LogP contribution is -2.39. The third-order valence-electron chi connectivity index (χ3n) is 3.12. The van der Waals surface area contributed by atoms with Crippen molar-refractivity contribution in [3.05, 3.63) is 0 Å². The van der Waals surface area contributed by atoms with Crippen LogP contribution in [0.4, 0.5) is 9.59 Å². The molecule has 2 heterocycles. The molecular weight excluding hydrogens is 268 g/mol. The minimum Gasteiger partial charge on any atom is -0.441 e. The molecule has 0 aromatic rings. The van der Waals surface area contributed by atoms with E-state index >= 15 is 0 Å². The van der Waals surface area contributed by atoms with E-state index in [1.807, 2.05) is 0 Å². The molecule has 114 valence electrons. The molecule has 2 N–H and O–H groups in total. The topological polar surface area (TPSA) is 95.1 Å². The average Bonchev–Trinajstić information content (AvgIpc) is 2.95. The highest BCUT2D eigenvalue weighted by atomic mass is 16.7. The molecule has 0 aliphatic carbocycles. The predicted octanol–water partition coefficient (Wildman–Crippen LogP) is 0.0134. The molecule has 0 bridgehead atoms. The van der Waals surface area contributed by atoms with Crippen LogP contribution in [0.15, 0.2) is 0 Å². The summed E-state index contributed by atoms with van der Waals surface area (Å²) in [5.74, 6) is 0. The summed E-state index contributed by atoms with van der Waals surface area (Å²) in [5.41, 5.74) is 0. The first-order valence-corrected chi connectivity index (χ1v) is 6.77. The number of hydrogen-bond donors (Lipinski definition) is 2. The van der Waals surface area contributed by atoms with E-state index in [9.17, 15) is 9.59 Å². The van der Waals surface area contributed by atoms with Crippen LogP contribution in [-0.4, -0.2) is 62.9 Å². The first kappa shape index (κ1) is 14.9. The van der Waals surface area contributed by atoms with Crippen LogP contribution < -0.4 is 10.6 Å². The lowest BCUT2D eigenvalue weighted by Gasteiger charge is -2.17. The average molecular weight is 288 g/mol. The van der Waals surface area contributed by atoms with E-state index in [1.165, 1.54) is 0 Å². The molecule has 8 nitrogen and oxygen atoms in total. The summed E-state index contributed by atoms with van der Waals surface area (Å²) >= 11 is 0. The zero-order valence-corrected chi connectivity index (χ0v) is 11.6. The fraction of sp³-hybridized carbons (Fsp3) is 0.833. The van der Waals surface area contributed by atoms with Crippen LogP contribution in [0.25, 0.3) is 0 Å². The highest BCUT2D eigenvalue weighted by Crippen LogP contribution is 2.30. The van der Waals surface area contributed by atoms with Gasteiger partial charge in [-0.25, -0.2) is 9.59 Å². The number of fused-ring (bicyclic) bond motifs is 1. The van der Waals surface area contributed by atoms with Crippen molar-refractivity contribution in [1.29, 1.82) is 0 Å². The van der Waals surface area contributed by atoms with Gasteiger partial charge in [0.2, 0.25) is 0 Å². The van der Waals surface area contributed by atoms with Gasteiger partial charge in [0.05, 0.1) is 13.2 Å². The number of rotatable bonds is 4. The Hall–Kier alpha value is -1.54. The molecule has 4 atom stereocenters. The molecule has 0 aromatic heterocycles. The summed E-state index contributed by atoms with van der Waals surface area (Å²) in [6.07, 6.45) is -2.74. The summed E-state index contributed by atoms with van der Waals surface area (Å²) in [5, 5.41) is 5.09. The van der Waals surface area contributed by atoms with Crippen molar-refractivity contribution in [2.75, 3.05) is 26.3 Å². The number of alkyl carbamates (subject to hydrolysis) is 2. The Morgan fingerprint density at radius 1 is 0.950 bits per heavy atom. The first-order valence-electron chi connectivity index (χ1n) is 6.77. The fourth-order valence-electron chi connectivity index (χ4n) is 2.28. The normalized spacial score (nSPS) is 31.5. The van der Waals surface area contributed by atoms with Gasteiger partial charge in [-0.3, -0.25) is 0 Å². The Bertz CT molecular complexity index is 330. The van der Waals surface area contributed by atoms with Crippen molar-refractivity contribution in [3.63, 3.8) is 0 Å². The van der Waals surface area contributed by atoms with Crippen molar-refractivity contribution in [2.24, 2.45) is 0 Å². The molecule has 0 saturated carbocycles. The molecule has 2 aliphatic rings. The number of hydrogen-bond acceptors (Lipinski definition) is 6. The Balaban J connectivity index is 1.84. The number of amides is 2. The van der Waals surface area contributed by atoms with E-state index in [1.54, 1.807) is 13.8 Å². The van der Waals surface area contributed by atoms with Gasteiger partial charge in [-0.2, -0.15) is 0 Å². The smallest absolute Gasteiger partial charge is 0.407 e. The lowest BCUT2D eigenvalue weighted by molar-refractivity contribution is -0.0117. The zero-order valence-electron chi connectivity index (χ0n) is 11.6. The van der Waals surface area contributed by atoms with Crippen LogP contribution in [0.3, 0.4) is 0 Å². The molecule has 8 heteroatoms. The maximum atomic E-state index is 11.4. The van der Waals surface area contributed by atoms with Crippen molar-refractivity contribution in [2.45, 2.75) is 38.3 Å². The number of carbonyl (C=O) groups excluding carboxylic acids is 2. The van der Waals surface area contributed by atoms with Crippen LogP contribution in [0.5, 0.6) is 0 Å². The van der Waals surface area contributed by atoms with Gasteiger partial charge in [0, 0.05) is 13.1 Å². The third-order valence-corrected chi connectivity index (χ3v) is 3.12. The van der Waals surface area contributed by atoms with Gasteiger partial charge in [0.15, 0.2) is 12.2 Å². The molecule has 2 aliphatic heterocycles. The molecule has 2 saturated heterocycles. The molecule has 20 heavy (non-hydrogen) atoms. The van der Waals surface area contributed by atoms with E-state index < -0.39 is 36.6 Å². The second-order valence-corrected chi connectivity index (χ2v) is 4.54. The van der Waals surface area contributed by atoms with Crippen LogP contribution in [0.1, 0.15) is 13.8 Å². The summed E-state index contributed by atoms with van der Waals surface area (Å²) in [7, 11) is 0. The van der Waals surface area contributed by atoms with E-state index in [2.05, 4.69) is 10.6 Å². The maximum absolute atomic E-state index is 11.4. The summed E-state index contributed by atoms with van der Waals surface area (Å²) in [6, 6.07) is 0. The van der Waals surface area contributed by atoms with E-state index in [-0.39, 0.29) is 13.2 Å². The molecule has 2 amide bonds. The first-order chi connectivity index (χ1) is 9.65. The summed E-state index contributed by atoms with van der Waals surface area (Å²) < 4.78 is 21.5. The van der Waals surface area contributed by atoms with Gasteiger partial charge < -0.3 is 29.6 Å². The van der Waals surface area contributed by atoms with Crippen LogP contribution in [0.2, 0.25) is 0 Å². The minimum absolute atomic E-state index is 0.238. The van der Waals surface area contributed by atoms with Crippen molar-refractivity contribution in [1.82, 2.24) is 10.6 Å². The number of nitrogens with one attached hydrogen (secondary N) is 2. The molecule has 2 rings (SSSR count). The van der Waals surface area contributed by atoms with Crippen molar-refractivity contribution in [3.8, 4) is 0 Å². The van der Waals surface area contributed by atoms with Gasteiger partial charge in [-0.05, 0) is 13.8 Å². The standard InChI is InChI=1S/C12H20N2O6/c1-3-13-11(15)19-7-5-17-10-8(6-18-9(7)10)20-12(16)14-4-2/h7-10H,3-6H2,1-2H3,(H,13,15)(H,14,16). The Morgan fingerprint density at radius 2 is 1.35 bits per heavy atom. The molecular formula is C12H20N2O6. The van der Waals surface area contributed by atoms with Crippen LogP contribution >= 0.6 is 0 Å². The SMILES string of the molecule is CCNC(=O)OC1COC2C(OC(=O)NCC)COC12.